The second-order valence-corrected chi connectivity index (χ2v) is 3.90. The molecule has 0 aromatic rings. The maximum atomic E-state index is 5.18. The van der Waals surface area contributed by atoms with E-state index in [0.717, 1.165) is 9.98 Å². The zero-order valence-corrected chi connectivity index (χ0v) is 7.73. The van der Waals surface area contributed by atoms with Gasteiger partial charge in [0.25, 0.3) is 0 Å². The van der Waals surface area contributed by atoms with Gasteiger partial charge in [0.2, 0.25) is 0 Å². The van der Waals surface area contributed by atoms with Crippen molar-refractivity contribution in [3.8, 4) is 0 Å². The molecule has 1 aliphatic heterocycles. The predicted octanol–water partition coefficient (Wildman–Crippen LogP) is 1.97. The summed E-state index contributed by atoms with van der Waals surface area (Å²) in [5, 5.41) is 3.04. The van der Waals surface area contributed by atoms with E-state index in [1.807, 2.05) is 0 Å². The zero-order valence-electron chi connectivity index (χ0n) is 6.09. The van der Waals surface area contributed by atoms with Gasteiger partial charge in [-0.3, -0.25) is 0 Å². The van der Waals surface area contributed by atoms with E-state index in [4.69, 9.17) is 24.4 Å². The van der Waals surface area contributed by atoms with Crippen molar-refractivity contribution in [2.45, 2.75) is 19.3 Å². The number of hydrogen-bond acceptors (Lipinski definition) is 2. The SMILES string of the molecule is S=C1C=C2CCCC2C(=S)N1. The Morgan fingerprint density at radius 3 is 3.09 bits per heavy atom. The lowest BCUT2D eigenvalue weighted by Gasteiger charge is -2.20. The molecule has 0 bridgehead atoms. The topological polar surface area (TPSA) is 12.0 Å². The zero-order chi connectivity index (χ0) is 7.84. The van der Waals surface area contributed by atoms with Crippen LogP contribution in [0.2, 0.25) is 0 Å². The number of rotatable bonds is 0. The fraction of sp³-hybridized carbons (Fsp3) is 0.500. The fourth-order valence-electron chi connectivity index (χ4n) is 1.76. The summed E-state index contributed by atoms with van der Waals surface area (Å²) >= 11 is 10.2. The van der Waals surface area contributed by atoms with Crippen LogP contribution in [0.15, 0.2) is 11.6 Å². The van der Waals surface area contributed by atoms with Gasteiger partial charge in [0.15, 0.2) is 0 Å². The first-order chi connectivity index (χ1) is 5.27. The highest BCUT2D eigenvalue weighted by molar-refractivity contribution is 7.82. The Bertz CT molecular complexity index is 255. The second-order valence-electron chi connectivity index (χ2n) is 3.02. The molecule has 1 fully saturated rings. The van der Waals surface area contributed by atoms with Crippen LogP contribution in [0.3, 0.4) is 0 Å². The first kappa shape index (κ1) is 7.37. The molecule has 2 rings (SSSR count). The number of hydrogen-bond donors (Lipinski definition) is 1. The van der Waals surface area contributed by atoms with Crippen molar-refractivity contribution in [3.63, 3.8) is 0 Å². The molecule has 3 heteroatoms. The summed E-state index contributed by atoms with van der Waals surface area (Å²) in [6.07, 6.45) is 5.73. The largest absolute Gasteiger partial charge is 0.341 e. The molecule has 1 N–H and O–H groups in total. The Morgan fingerprint density at radius 2 is 2.27 bits per heavy atom. The average Bonchev–Trinajstić information content (AvgIpc) is 2.34. The summed E-state index contributed by atoms with van der Waals surface area (Å²) in [6.45, 7) is 0. The summed E-state index contributed by atoms with van der Waals surface area (Å²) in [4.78, 5) is 1.73. The van der Waals surface area contributed by atoms with Crippen molar-refractivity contribution in [2.75, 3.05) is 0 Å². The number of thiocarbonyl (C=S) groups is 2. The van der Waals surface area contributed by atoms with Gasteiger partial charge < -0.3 is 5.32 Å². The maximum absolute atomic E-state index is 5.18. The average molecular weight is 183 g/mol. The standard InChI is InChI=1S/C8H9NS2/c10-7-4-5-2-1-3-6(5)8(11)9-7/h4,6H,1-3H2,(H,9,10,11). The first-order valence-corrected chi connectivity index (χ1v) is 4.64. The molecule has 1 heterocycles. The minimum absolute atomic E-state index is 0.511. The smallest absolute Gasteiger partial charge is 0.104 e. The predicted molar refractivity (Wildman–Crippen MR) is 53.8 cm³/mol. The van der Waals surface area contributed by atoms with Crippen molar-refractivity contribution in [2.24, 2.45) is 5.92 Å². The van der Waals surface area contributed by atoms with Crippen LogP contribution in [0.5, 0.6) is 0 Å². The fourth-order valence-corrected chi connectivity index (χ4v) is 2.46. The molecule has 1 saturated carbocycles. The summed E-state index contributed by atoms with van der Waals surface area (Å²) in [6, 6.07) is 0. The van der Waals surface area contributed by atoms with Crippen LogP contribution in [0.25, 0.3) is 0 Å². The molecule has 0 aromatic carbocycles. The van der Waals surface area contributed by atoms with Crippen molar-refractivity contribution < 1.29 is 0 Å². The lowest BCUT2D eigenvalue weighted by atomic mass is 10.00. The summed E-state index contributed by atoms with van der Waals surface area (Å²) in [7, 11) is 0. The minimum Gasteiger partial charge on any atom is -0.341 e. The highest BCUT2D eigenvalue weighted by Crippen LogP contribution is 2.33. The van der Waals surface area contributed by atoms with E-state index >= 15 is 0 Å². The van der Waals surface area contributed by atoms with Crippen LogP contribution >= 0.6 is 24.4 Å². The molecular formula is C8H9NS2. The Kier molecular flexibility index (Phi) is 1.77. The molecule has 1 aliphatic carbocycles. The van der Waals surface area contributed by atoms with Gasteiger partial charge in [-0.25, -0.2) is 0 Å². The third-order valence-electron chi connectivity index (χ3n) is 2.29. The summed E-state index contributed by atoms with van der Waals surface area (Å²) in [5.74, 6) is 0.511. The summed E-state index contributed by atoms with van der Waals surface area (Å²) < 4.78 is 0. The van der Waals surface area contributed by atoms with Gasteiger partial charge in [-0.1, -0.05) is 30.0 Å². The summed E-state index contributed by atoms with van der Waals surface area (Å²) in [5.41, 5.74) is 1.44. The molecule has 0 aromatic heterocycles. The van der Waals surface area contributed by atoms with Crippen molar-refractivity contribution in [1.82, 2.24) is 5.32 Å². The normalized spacial score (nSPS) is 29.5. The van der Waals surface area contributed by atoms with Gasteiger partial charge in [0.05, 0.1) is 4.99 Å². The third kappa shape index (κ3) is 1.23. The molecular weight excluding hydrogens is 174 g/mol. The number of fused-ring (bicyclic) bond motifs is 1. The van der Waals surface area contributed by atoms with Gasteiger partial charge in [-0.05, 0) is 25.3 Å². The Balaban J connectivity index is 2.34. The van der Waals surface area contributed by atoms with Gasteiger partial charge >= 0.3 is 0 Å². The van der Waals surface area contributed by atoms with E-state index in [0.29, 0.717) is 5.92 Å². The molecule has 0 saturated heterocycles. The van der Waals surface area contributed by atoms with Crippen LogP contribution in [0, 0.1) is 5.92 Å². The first-order valence-electron chi connectivity index (χ1n) is 3.82. The molecule has 1 unspecified atom stereocenters. The molecule has 0 radical (unpaired) electrons. The lowest BCUT2D eigenvalue weighted by Crippen LogP contribution is -2.35. The van der Waals surface area contributed by atoms with Crippen LogP contribution in [-0.2, 0) is 0 Å². The van der Waals surface area contributed by atoms with E-state index in [-0.39, 0.29) is 0 Å². The van der Waals surface area contributed by atoms with Gasteiger partial charge in [-0.2, -0.15) is 0 Å². The van der Waals surface area contributed by atoms with E-state index in [9.17, 15) is 0 Å². The van der Waals surface area contributed by atoms with E-state index in [2.05, 4.69) is 11.4 Å². The van der Waals surface area contributed by atoms with E-state index in [1.165, 1.54) is 24.8 Å². The van der Waals surface area contributed by atoms with Crippen molar-refractivity contribution >= 4 is 34.4 Å². The van der Waals surface area contributed by atoms with Crippen molar-refractivity contribution in [3.05, 3.63) is 11.6 Å². The third-order valence-corrected chi connectivity index (χ3v) is 2.89. The Labute approximate surface area is 76.9 Å². The van der Waals surface area contributed by atoms with Crippen LogP contribution in [0.1, 0.15) is 19.3 Å². The Hall–Kier alpha value is -0.280. The molecule has 0 amide bonds. The highest BCUT2D eigenvalue weighted by Gasteiger charge is 2.28. The molecule has 58 valence electrons. The lowest BCUT2D eigenvalue weighted by molar-refractivity contribution is 0.793. The molecule has 11 heavy (non-hydrogen) atoms. The highest BCUT2D eigenvalue weighted by atomic mass is 32.1. The molecule has 0 spiro atoms. The van der Waals surface area contributed by atoms with Gasteiger partial charge in [-0.15, -0.1) is 0 Å². The van der Waals surface area contributed by atoms with Crippen molar-refractivity contribution in [1.29, 1.82) is 0 Å². The van der Waals surface area contributed by atoms with Crippen LogP contribution < -0.4 is 5.32 Å². The maximum Gasteiger partial charge on any atom is 0.104 e. The molecule has 1 atom stereocenters. The minimum atomic E-state index is 0.511. The Morgan fingerprint density at radius 1 is 1.45 bits per heavy atom. The van der Waals surface area contributed by atoms with Gasteiger partial charge in [0.1, 0.15) is 4.99 Å². The quantitative estimate of drug-likeness (QED) is 0.577. The second kappa shape index (κ2) is 2.64. The van der Waals surface area contributed by atoms with E-state index < -0.39 is 0 Å². The molecule has 2 aliphatic rings. The van der Waals surface area contributed by atoms with Crippen LogP contribution in [0.4, 0.5) is 0 Å². The van der Waals surface area contributed by atoms with Gasteiger partial charge in [0, 0.05) is 5.92 Å². The monoisotopic (exact) mass is 183 g/mol. The molecule has 1 nitrogen and oxygen atoms in total. The van der Waals surface area contributed by atoms with E-state index in [1.54, 1.807) is 0 Å². The van der Waals surface area contributed by atoms with Crippen LogP contribution in [-0.4, -0.2) is 9.98 Å². The number of nitrogens with one attached hydrogen (secondary N) is 1.